The van der Waals surface area contributed by atoms with Gasteiger partial charge in [0.05, 0.1) is 24.9 Å². The van der Waals surface area contributed by atoms with E-state index >= 15 is 0 Å². The van der Waals surface area contributed by atoms with Gasteiger partial charge in [-0.2, -0.15) is 0 Å². The molecule has 0 aliphatic heterocycles. The number of aromatic nitrogens is 1. The van der Waals surface area contributed by atoms with Gasteiger partial charge < -0.3 is 19.5 Å². The fourth-order valence-electron chi connectivity index (χ4n) is 2.09. The number of likely N-dealkylation sites (N-methyl/N-ethyl adjacent to an activating group) is 1. The number of aliphatic hydroxyl groups is 1. The van der Waals surface area contributed by atoms with Gasteiger partial charge in [-0.3, -0.25) is 4.79 Å². The van der Waals surface area contributed by atoms with E-state index in [1.54, 1.807) is 28.6 Å². The number of benzene rings is 1. The smallest absolute Gasteiger partial charge is 0.254 e. The Morgan fingerprint density at radius 2 is 2.22 bits per heavy atom. The van der Waals surface area contributed by atoms with Crippen molar-refractivity contribution in [1.82, 2.24) is 9.88 Å². The molecule has 1 aromatic carbocycles. The van der Waals surface area contributed by atoms with Crippen molar-refractivity contribution in [3.63, 3.8) is 0 Å². The molecule has 0 saturated carbocycles. The number of hydrogen-bond donors (Lipinski definition) is 1. The first-order chi connectivity index (χ1) is 11.2. The van der Waals surface area contributed by atoms with Crippen molar-refractivity contribution < 1.29 is 19.4 Å². The van der Waals surface area contributed by atoms with E-state index in [2.05, 4.69) is 4.98 Å². The molecule has 0 aliphatic rings. The Labute approximate surface area is 139 Å². The SMILES string of the molecule is CCN(CCO)C(=O)c1ccc(OCc2cscn2)c(OC)c1. The molecule has 0 radical (unpaired) electrons. The second-order valence-corrected chi connectivity index (χ2v) is 5.46. The minimum absolute atomic E-state index is 0.0639. The molecular formula is C16H20N2O4S. The summed E-state index contributed by atoms with van der Waals surface area (Å²) in [5.74, 6) is 0.902. The summed E-state index contributed by atoms with van der Waals surface area (Å²) in [4.78, 5) is 18.1. The lowest BCUT2D eigenvalue weighted by Crippen LogP contribution is -2.33. The highest BCUT2D eigenvalue weighted by molar-refractivity contribution is 7.07. The number of carbonyl (C=O) groups excluding carboxylic acids is 1. The van der Waals surface area contributed by atoms with Gasteiger partial charge in [-0.1, -0.05) is 0 Å². The van der Waals surface area contributed by atoms with Crippen LogP contribution in [0.4, 0.5) is 0 Å². The third kappa shape index (κ3) is 4.43. The van der Waals surface area contributed by atoms with E-state index in [1.807, 2.05) is 12.3 Å². The number of methoxy groups -OCH3 is 1. The summed E-state index contributed by atoms with van der Waals surface area (Å²) in [7, 11) is 1.53. The quantitative estimate of drug-likeness (QED) is 0.800. The number of aliphatic hydroxyl groups excluding tert-OH is 1. The van der Waals surface area contributed by atoms with Crippen molar-refractivity contribution in [1.29, 1.82) is 0 Å². The van der Waals surface area contributed by atoms with Crippen molar-refractivity contribution in [2.45, 2.75) is 13.5 Å². The highest BCUT2D eigenvalue weighted by atomic mass is 32.1. The first kappa shape index (κ1) is 17.2. The normalized spacial score (nSPS) is 10.4. The van der Waals surface area contributed by atoms with Crippen LogP contribution in [-0.2, 0) is 6.61 Å². The van der Waals surface area contributed by atoms with Crippen LogP contribution < -0.4 is 9.47 Å². The van der Waals surface area contributed by atoms with Gasteiger partial charge in [0.2, 0.25) is 0 Å². The van der Waals surface area contributed by atoms with Crippen LogP contribution in [-0.4, -0.2) is 47.7 Å². The zero-order valence-electron chi connectivity index (χ0n) is 13.2. The third-order valence-electron chi connectivity index (χ3n) is 3.31. The zero-order valence-corrected chi connectivity index (χ0v) is 14.0. The van der Waals surface area contributed by atoms with Crippen LogP contribution in [0.2, 0.25) is 0 Å². The van der Waals surface area contributed by atoms with Crippen LogP contribution in [0.25, 0.3) is 0 Å². The van der Waals surface area contributed by atoms with Crippen molar-refractivity contribution in [3.8, 4) is 11.5 Å². The lowest BCUT2D eigenvalue weighted by Gasteiger charge is -2.20. The number of hydrogen-bond acceptors (Lipinski definition) is 6. The Hall–Kier alpha value is -2.12. The Bertz CT molecular complexity index is 631. The number of amides is 1. The van der Waals surface area contributed by atoms with Crippen LogP contribution in [0, 0.1) is 0 Å². The Morgan fingerprint density at radius 1 is 1.39 bits per heavy atom. The highest BCUT2D eigenvalue weighted by Crippen LogP contribution is 2.29. The molecular weight excluding hydrogens is 316 g/mol. The van der Waals surface area contributed by atoms with Gasteiger partial charge in [-0.05, 0) is 25.1 Å². The molecule has 0 fully saturated rings. The largest absolute Gasteiger partial charge is 0.493 e. The Kier molecular flexibility index (Phi) is 6.37. The van der Waals surface area contributed by atoms with E-state index in [9.17, 15) is 4.79 Å². The van der Waals surface area contributed by atoms with Gasteiger partial charge >= 0.3 is 0 Å². The maximum Gasteiger partial charge on any atom is 0.254 e. The third-order valence-corrected chi connectivity index (χ3v) is 3.94. The summed E-state index contributed by atoms with van der Waals surface area (Å²) in [5, 5.41) is 10.9. The van der Waals surface area contributed by atoms with E-state index < -0.39 is 0 Å². The summed E-state index contributed by atoms with van der Waals surface area (Å²) in [6.07, 6.45) is 0. The van der Waals surface area contributed by atoms with Gasteiger partial charge in [0.1, 0.15) is 6.61 Å². The first-order valence-electron chi connectivity index (χ1n) is 7.27. The molecule has 1 heterocycles. The monoisotopic (exact) mass is 336 g/mol. The van der Waals surface area contributed by atoms with Gasteiger partial charge in [-0.15, -0.1) is 11.3 Å². The van der Waals surface area contributed by atoms with Crippen LogP contribution in [0.15, 0.2) is 29.1 Å². The second-order valence-electron chi connectivity index (χ2n) is 4.74. The Morgan fingerprint density at radius 3 is 2.83 bits per heavy atom. The average Bonchev–Trinajstić information content (AvgIpc) is 3.10. The molecule has 1 aromatic heterocycles. The average molecular weight is 336 g/mol. The van der Waals surface area contributed by atoms with Gasteiger partial charge in [0, 0.05) is 24.0 Å². The minimum Gasteiger partial charge on any atom is -0.493 e. The molecule has 2 aromatic rings. The van der Waals surface area contributed by atoms with Crippen molar-refractivity contribution in [2.24, 2.45) is 0 Å². The van der Waals surface area contributed by atoms with E-state index in [1.165, 1.54) is 18.4 Å². The molecule has 0 saturated heterocycles. The maximum atomic E-state index is 12.4. The maximum absolute atomic E-state index is 12.4. The fraction of sp³-hybridized carbons (Fsp3) is 0.375. The molecule has 23 heavy (non-hydrogen) atoms. The predicted octanol–water partition coefficient (Wildman–Crippen LogP) is 2.19. The molecule has 6 nitrogen and oxygen atoms in total. The molecule has 0 unspecified atom stereocenters. The molecule has 0 aliphatic carbocycles. The first-order valence-corrected chi connectivity index (χ1v) is 8.21. The van der Waals surface area contributed by atoms with Crippen molar-refractivity contribution in [3.05, 3.63) is 40.3 Å². The van der Waals surface area contributed by atoms with Crippen LogP contribution in [0.1, 0.15) is 23.0 Å². The molecule has 0 spiro atoms. The number of rotatable bonds is 8. The summed E-state index contributed by atoms with van der Waals surface area (Å²) in [6, 6.07) is 5.06. The van der Waals surface area contributed by atoms with Crippen molar-refractivity contribution in [2.75, 3.05) is 26.8 Å². The summed E-state index contributed by atoms with van der Waals surface area (Å²) < 4.78 is 11.0. The number of carbonyl (C=O) groups is 1. The molecule has 124 valence electrons. The summed E-state index contributed by atoms with van der Waals surface area (Å²) in [6.45, 7) is 2.99. The highest BCUT2D eigenvalue weighted by Gasteiger charge is 2.16. The topological polar surface area (TPSA) is 71.9 Å². The lowest BCUT2D eigenvalue weighted by atomic mass is 10.1. The number of ether oxygens (including phenoxy) is 2. The molecule has 1 N–H and O–H groups in total. The molecule has 7 heteroatoms. The van der Waals surface area contributed by atoms with Crippen LogP contribution in [0.5, 0.6) is 11.5 Å². The lowest BCUT2D eigenvalue weighted by molar-refractivity contribution is 0.0731. The molecule has 0 bridgehead atoms. The Balaban J connectivity index is 2.13. The summed E-state index contributed by atoms with van der Waals surface area (Å²) >= 11 is 1.51. The molecule has 0 atom stereocenters. The number of nitrogens with zero attached hydrogens (tertiary/aromatic N) is 2. The molecule has 1 amide bonds. The predicted molar refractivity (Wildman–Crippen MR) is 88.1 cm³/mol. The van der Waals surface area contributed by atoms with E-state index in [0.717, 1.165) is 5.69 Å². The van der Waals surface area contributed by atoms with E-state index in [4.69, 9.17) is 14.6 Å². The van der Waals surface area contributed by atoms with Crippen molar-refractivity contribution >= 4 is 17.2 Å². The fourth-order valence-corrected chi connectivity index (χ4v) is 2.63. The number of thiazole rings is 1. The van der Waals surface area contributed by atoms with E-state index in [0.29, 0.717) is 36.8 Å². The summed E-state index contributed by atoms with van der Waals surface area (Å²) in [5.41, 5.74) is 3.09. The van der Waals surface area contributed by atoms with Gasteiger partial charge in [0.15, 0.2) is 11.5 Å². The van der Waals surface area contributed by atoms with E-state index in [-0.39, 0.29) is 12.5 Å². The van der Waals surface area contributed by atoms with Crippen LogP contribution in [0.3, 0.4) is 0 Å². The van der Waals surface area contributed by atoms with Gasteiger partial charge in [0.25, 0.3) is 5.91 Å². The molecule has 2 rings (SSSR count). The minimum atomic E-state index is -0.147. The standard InChI is InChI=1S/C16H20N2O4S/c1-3-18(6-7-19)16(20)12-4-5-14(15(8-12)21-2)22-9-13-10-23-11-17-13/h4-5,8,10-11,19H,3,6-7,9H2,1-2H3. The zero-order chi connectivity index (χ0) is 16.7. The van der Waals surface area contributed by atoms with Crippen LogP contribution >= 0.6 is 11.3 Å². The van der Waals surface area contributed by atoms with Gasteiger partial charge in [-0.25, -0.2) is 4.98 Å². The second kappa shape index (κ2) is 8.50.